The second kappa shape index (κ2) is 7.36. The van der Waals surface area contributed by atoms with Gasteiger partial charge in [0.2, 0.25) is 0 Å². The molecule has 1 atom stereocenters. The van der Waals surface area contributed by atoms with Crippen LogP contribution in [0.2, 0.25) is 0 Å². The average molecular weight is 221 g/mol. The SMILES string of the molecule is CCC(CN(C)CCc1ccccn1)NC. The summed E-state index contributed by atoms with van der Waals surface area (Å²) >= 11 is 0. The van der Waals surface area contributed by atoms with Crippen molar-refractivity contribution in [3.63, 3.8) is 0 Å². The van der Waals surface area contributed by atoms with Gasteiger partial charge >= 0.3 is 0 Å². The van der Waals surface area contributed by atoms with Crippen molar-refractivity contribution >= 4 is 0 Å². The summed E-state index contributed by atoms with van der Waals surface area (Å²) in [6.45, 7) is 4.38. The van der Waals surface area contributed by atoms with Crippen molar-refractivity contribution in [2.75, 3.05) is 27.2 Å². The first kappa shape index (κ1) is 13.1. The number of hydrogen-bond acceptors (Lipinski definition) is 3. The Balaban J connectivity index is 2.27. The van der Waals surface area contributed by atoms with Crippen LogP contribution in [0.25, 0.3) is 0 Å². The van der Waals surface area contributed by atoms with E-state index in [-0.39, 0.29) is 0 Å². The van der Waals surface area contributed by atoms with E-state index in [9.17, 15) is 0 Å². The molecule has 1 aromatic rings. The van der Waals surface area contributed by atoms with Crippen LogP contribution in [-0.2, 0) is 6.42 Å². The molecule has 0 aliphatic carbocycles. The van der Waals surface area contributed by atoms with Gasteiger partial charge in [-0.25, -0.2) is 0 Å². The molecule has 0 aromatic carbocycles. The predicted octanol–water partition coefficient (Wildman–Crippen LogP) is 1.55. The highest BCUT2D eigenvalue weighted by Crippen LogP contribution is 1.98. The summed E-state index contributed by atoms with van der Waals surface area (Å²) in [4.78, 5) is 6.69. The fourth-order valence-corrected chi connectivity index (χ4v) is 1.74. The third-order valence-electron chi connectivity index (χ3n) is 2.91. The largest absolute Gasteiger partial charge is 0.316 e. The van der Waals surface area contributed by atoms with Gasteiger partial charge in [-0.2, -0.15) is 0 Å². The molecule has 3 heteroatoms. The molecule has 90 valence electrons. The normalized spacial score (nSPS) is 13.0. The lowest BCUT2D eigenvalue weighted by Gasteiger charge is -2.22. The molecule has 0 spiro atoms. The summed E-state index contributed by atoms with van der Waals surface area (Å²) < 4.78 is 0. The highest BCUT2D eigenvalue weighted by molar-refractivity contribution is 5.03. The van der Waals surface area contributed by atoms with Crippen LogP contribution >= 0.6 is 0 Å². The number of hydrogen-bond donors (Lipinski definition) is 1. The standard InChI is InChI=1S/C13H23N3/c1-4-12(14-2)11-16(3)10-8-13-7-5-6-9-15-13/h5-7,9,12,14H,4,8,10-11H2,1-3H3. The Bertz CT molecular complexity index is 270. The lowest BCUT2D eigenvalue weighted by Crippen LogP contribution is -2.38. The first-order valence-electron chi connectivity index (χ1n) is 6.02. The monoisotopic (exact) mass is 221 g/mol. The first-order chi connectivity index (χ1) is 7.76. The zero-order valence-electron chi connectivity index (χ0n) is 10.6. The van der Waals surface area contributed by atoms with E-state index in [1.54, 1.807) is 0 Å². The molecular weight excluding hydrogens is 198 g/mol. The maximum atomic E-state index is 4.33. The third-order valence-corrected chi connectivity index (χ3v) is 2.91. The topological polar surface area (TPSA) is 28.2 Å². The molecule has 0 aliphatic rings. The Morgan fingerprint density at radius 3 is 2.81 bits per heavy atom. The molecule has 3 nitrogen and oxygen atoms in total. The highest BCUT2D eigenvalue weighted by Gasteiger charge is 2.07. The fourth-order valence-electron chi connectivity index (χ4n) is 1.74. The minimum absolute atomic E-state index is 0.591. The molecule has 1 aromatic heterocycles. The smallest absolute Gasteiger partial charge is 0.0416 e. The van der Waals surface area contributed by atoms with Crippen LogP contribution < -0.4 is 5.32 Å². The van der Waals surface area contributed by atoms with Gasteiger partial charge in [-0.15, -0.1) is 0 Å². The van der Waals surface area contributed by atoms with E-state index in [2.05, 4.69) is 35.2 Å². The molecule has 0 radical (unpaired) electrons. The number of likely N-dealkylation sites (N-methyl/N-ethyl adjacent to an activating group) is 2. The molecule has 0 fully saturated rings. The van der Waals surface area contributed by atoms with Gasteiger partial charge in [-0.1, -0.05) is 13.0 Å². The van der Waals surface area contributed by atoms with Crippen molar-refractivity contribution in [3.8, 4) is 0 Å². The maximum Gasteiger partial charge on any atom is 0.0416 e. The Morgan fingerprint density at radius 2 is 2.25 bits per heavy atom. The van der Waals surface area contributed by atoms with E-state index >= 15 is 0 Å². The first-order valence-corrected chi connectivity index (χ1v) is 6.02. The highest BCUT2D eigenvalue weighted by atomic mass is 15.1. The van der Waals surface area contributed by atoms with Crippen molar-refractivity contribution in [2.45, 2.75) is 25.8 Å². The van der Waals surface area contributed by atoms with E-state index in [0.29, 0.717) is 6.04 Å². The van der Waals surface area contributed by atoms with Crippen LogP contribution in [0.15, 0.2) is 24.4 Å². The zero-order chi connectivity index (χ0) is 11.8. The van der Waals surface area contributed by atoms with Crippen LogP contribution in [-0.4, -0.2) is 43.1 Å². The summed E-state index contributed by atoms with van der Waals surface area (Å²) in [6, 6.07) is 6.68. The number of pyridine rings is 1. The van der Waals surface area contributed by atoms with E-state index in [1.807, 2.05) is 25.4 Å². The summed E-state index contributed by atoms with van der Waals surface area (Å²) in [7, 11) is 4.20. The summed E-state index contributed by atoms with van der Waals surface area (Å²) in [5, 5.41) is 3.32. The molecule has 1 unspecified atom stereocenters. The number of aromatic nitrogens is 1. The lowest BCUT2D eigenvalue weighted by atomic mass is 10.2. The van der Waals surface area contributed by atoms with Gasteiger partial charge in [0.25, 0.3) is 0 Å². The summed E-state index contributed by atoms with van der Waals surface area (Å²) in [5.74, 6) is 0. The molecule has 0 saturated carbocycles. The Hall–Kier alpha value is -0.930. The number of nitrogens with zero attached hydrogens (tertiary/aromatic N) is 2. The fraction of sp³-hybridized carbons (Fsp3) is 0.615. The summed E-state index contributed by atoms with van der Waals surface area (Å²) in [6.07, 6.45) is 4.06. The number of nitrogens with one attached hydrogen (secondary N) is 1. The van der Waals surface area contributed by atoms with Crippen LogP contribution in [0.5, 0.6) is 0 Å². The van der Waals surface area contributed by atoms with E-state index in [0.717, 1.165) is 19.5 Å². The van der Waals surface area contributed by atoms with Gasteiger partial charge in [0, 0.05) is 37.4 Å². The van der Waals surface area contributed by atoms with Gasteiger partial charge in [0.1, 0.15) is 0 Å². The van der Waals surface area contributed by atoms with E-state index in [1.165, 1.54) is 12.1 Å². The van der Waals surface area contributed by atoms with Gasteiger partial charge in [0.15, 0.2) is 0 Å². The quantitative estimate of drug-likeness (QED) is 0.757. The second-order valence-electron chi connectivity index (χ2n) is 4.23. The van der Waals surface area contributed by atoms with E-state index < -0.39 is 0 Å². The molecule has 1 heterocycles. The van der Waals surface area contributed by atoms with Gasteiger partial charge in [-0.3, -0.25) is 4.98 Å². The molecule has 1 N–H and O–H groups in total. The third kappa shape index (κ3) is 4.73. The predicted molar refractivity (Wildman–Crippen MR) is 68.6 cm³/mol. The molecule has 16 heavy (non-hydrogen) atoms. The van der Waals surface area contributed by atoms with Crippen LogP contribution in [0.3, 0.4) is 0 Å². The second-order valence-corrected chi connectivity index (χ2v) is 4.23. The molecule has 0 bridgehead atoms. The van der Waals surface area contributed by atoms with Crippen molar-refractivity contribution in [2.24, 2.45) is 0 Å². The zero-order valence-corrected chi connectivity index (χ0v) is 10.6. The minimum Gasteiger partial charge on any atom is -0.316 e. The summed E-state index contributed by atoms with van der Waals surface area (Å²) in [5.41, 5.74) is 1.17. The number of rotatable bonds is 7. The maximum absolute atomic E-state index is 4.33. The molecule has 0 aliphatic heterocycles. The van der Waals surface area contributed by atoms with Gasteiger partial charge < -0.3 is 10.2 Å². The van der Waals surface area contributed by atoms with Gasteiger partial charge in [0.05, 0.1) is 0 Å². The van der Waals surface area contributed by atoms with Crippen molar-refractivity contribution in [1.29, 1.82) is 0 Å². The minimum atomic E-state index is 0.591. The lowest BCUT2D eigenvalue weighted by molar-refractivity contribution is 0.293. The molecule has 0 saturated heterocycles. The average Bonchev–Trinajstić information content (AvgIpc) is 2.34. The van der Waals surface area contributed by atoms with E-state index in [4.69, 9.17) is 0 Å². The van der Waals surface area contributed by atoms with Crippen molar-refractivity contribution in [3.05, 3.63) is 30.1 Å². The van der Waals surface area contributed by atoms with Crippen LogP contribution in [0.1, 0.15) is 19.0 Å². The van der Waals surface area contributed by atoms with Crippen LogP contribution in [0.4, 0.5) is 0 Å². The van der Waals surface area contributed by atoms with Gasteiger partial charge in [-0.05, 0) is 32.6 Å². The van der Waals surface area contributed by atoms with Crippen molar-refractivity contribution < 1.29 is 0 Å². The molecule has 1 rings (SSSR count). The molecule has 0 amide bonds. The van der Waals surface area contributed by atoms with Crippen LogP contribution in [0, 0.1) is 0 Å². The molecular formula is C13H23N3. The Morgan fingerprint density at radius 1 is 1.44 bits per heavy atom. The Kier molecular flexibility index (Phi) is 6.04. The Labute approximate surface area is 98.9 Å². The van der Waals surface area contributed by atoms with Crippen molar-refractivity contribution in [1.82, 2.24) is 15.2 Å².